The number of allylic oxidation sites excluding steroid dienone is 2. The monoisotopic (exact) mass is 1670 g/mol. The van der Waals surface area contributed by atoms with E-state index >= 15 is 9.59 Å². The third kappa shape index (κ3) is 20.7. The maximum atomic E-state index is 15.3. The van der Waals surface area contributed by atoms with Gasteiger partial charge < -0.3 is 92.2 Å². The van der Waals surface area contributed by atoms with E-state index in [9.17, 15) is 0 Å². The summed E-state index contributed by atoms with van der Waals surface area (Å²) in [6, 6.07) is 42.7. The largest absolute Gasteiger partial charge is 0.530 e. The molecule has 118 heavy (non-hydrogen) atoms. The third-order valence-electron chi connectivity index (χ3n) is 17.7. The first-order chi connectivity index (χ1) is 57.2. The van der Waals surface area contributed by atoms with E-state index in [0.717, 1.165) is 12.2 Å². The normalized spacial score (nSPS) is 10.7. The zero-order valence-electron chi connectivity index (χ0n) is 66.6. The van der Waals surface area contributed by atoms with Crippen LogP contribution >= 0.6 is 34.4 Å². The first kappa shape index (κ1) is 87.1. The molecule has 0 amide bonds. The summed E-state index contributed by atoms with van der Waals surface area (Å²) < 4.78 is 133. The second kappa shape index (κ2) is 41.3. The Kier molecular flexibility index (Phi) is 30.5. The fourth-order valence-corrected chi connectivity index (χ4v) is 15.7. The lowest BCUT2D eigenvalue weighted by Crippen LogP contribution is -2.12. The molecule has 26 heteroatoms. The molecule has 10 aromatic rings. The molecule has 0 aliphatic heterocycles. The van der Waals surface area contributed by atoms with Gasteiger partial charge in [-0.1, -0.05) is 114 Å². The minimum Gasteiger partial charge on any atom is -0.496 e. The van der Waals surface area contributed by atoms with Crippen LogP contribution in [0.25, 0.3) is 59.7 Å². The van der Waals surface area contributed by atoms with E-state index < -0.39 is 46.0 Å². The predicted octanol–water partition coefficient (Wildman–Crippen LogP) is 25.0. The SMILES string of the molecule is C=CC(=O)c1cc(OP(Oc2ccc(C=C)c(OC)c2)Oc2ccc(C=C)c(OC)c2)c(-c2c(OP(Oc3ccc(C=C)c(OC)c3)Oc3ccc(C=C)c(OC)c3)cc(C(=O)C=C)c(C)c2OP(Oc2ccc(C=C)c(OC)c2)Oc2ccc(C=C)c(OC)c2)c(OP(Oc2ccc(C=C)c(OC)c2)Oc2ccc(C=C)c(OC)c2)c1C. The molecular weight excluding hydrogens is 1580 g/mol. The minimum atomic E-state index is -2.97. The smallest absolute Gasteiger partial charge is 0.496 e. The summed E-state index contributed by atoms with van der Waals surface area (Å²) in [6.45, 7) is 43.1. The molecule has 0 radical (unpaired) electrons. The van der Waals surface area contributed by atoms with Crippen molar-refractivity contribution >= 4 is 94.6 Å². The van der Waals surface area contributed by atoms with Crippen LogP contribution in [0.4, 0.5) is 0 Å². The number of rotatable bonds is 45. The molecule has 0 unspecified atom stereocenters. The molecule has 0 heterocycles. The van der Waals surface area contributed by atoms with Gasteiger partial charge in [0.05, 0.1) is 68.0 Å². The average molecular weight is 1670 g/mol. The van der Waals surface area contributed by atoms with Crippen molar-refractivity contribution in [2.45, 2.75) is 13.8 Å². The minimum absolute atomic E-state index is 0.0738. The van der Waals surface area contributed by atoms with E-state index in [4.69, 9.17) is 92.2 Å². The Hall–Kier alpha value is -13.3. The molecule has 0 aromatic heterocycles. The molecule has 10 aromatic carbocycles. The summed E-state index contributed by atoms with van der Waals surface area (Å²) in [5.41, 5.74) is 4.53. The number of benzene rings is 10. The van der Waals surface area contributed by atoms with Crippen LogP contribution in [0.15, 0.2) is 236 Å². The molecular formula is C92H86O22P4. The zero-order valence-corrected chi connectivity index (χ0v) is 70.2. The maximum absolute atomic E-state index is 15.3. The van der Waals surface area contributed by atoms with Gasteiger partial charge in [0, 0.05) is 115 Å². The molecule has 0 bridgehead atoms. The maximum Gasteiger partial charge on any atom is 0.530 e. The van der Waals surface area contributed by atoms with Crippen LogP contribution in [0.5, 0.6) is 115 Å². The zero-order chi connectivity index (χ0) is 84.7. The molecule has 10 rings (SSSR count). The van der Waals surface area contributed by atoms with Gasteiger partial charge in [-0.05, 0) is 135 Å². The second-order valence-corrected chi connectivity index (χ2v) is 28.5. The van der Waals surface area contributed by atoms with E-state index in [2.05, 4.69) is 65.8 Å². The summed E-state index contributed by atoms with van der Waals surface area (Å²) in [6.07, 6.45) is 15.1. The molecule has 0 saturated carbocycles. The number of methoxy groups -OCH3 is 8. The van der Waals surface area contributed by atoms with Gasteiger partial charge in [0.15, 0.2) is 11.6 Å². The van der Waals surface area contributed by atoms with Gasteiger partial charge in [-0.25, -0.2) is 0 Å². The average Bonchev–Trinajstić information content (AvgIpc) is 0.736. The van der Waals surface area contributed by atoms with Crippen molar-refractivity contribution in [3.05, 3.63) is 302 Å². The van der Waals surface area contributed by atoms with Gasteiger partial charge in [0.1, 0.15) is 115 Å². The lowest BCUT2D eigenvalue weighted by atomic mass is 9.91. The summed E-state index contributed by atoms with van der Waals surface area (Å²) in [7, 11) is 0.0742. The standard InChI is InChI=1S/C92H86O22P4/c1-21-59-31-39-67(47-79(59)95-13)103-115(104-68-40-32-60(22-2)80(48-68)96-14)111-87-55-75(77(93)29-9)57(11)91(113-117(107-71-43-35-63(25-5)83(51-71)99-17)108-72-44-36-64(26-6)84(52-72)100-18)89(87)90-88(112-116(105-69-41-33-61(23-3)81(49-69)97-15)106-70-42-34-62(24-4)82(50-70)98-16)56-76(78(94)30-10)58(12)92(90)114-118(109-73-45-37-65(27-7)85(53-73)101-19)110-74-46-38-66(28-8)86(54-74)102-20/h21-56H,1-10H2,11-20H3. The van der Waals surface area contributed by atoms with Crippen LogP contribution in [0, 0.1) is 13.8 Å². The number of ketones is 2. The second-order valence-electron chi connectivity index (χ2n) is 24.5. The molecule has 22 nitrogen and oxygen atoms in total. The first-order valence-electron chi connectivity index (χ1n) is 35.7. The van der Waals surface area contributed by atoms with Crippen molar-refractivity contribution < 1.29 is 102 Å². The van der Waals surface area contributed by atoms with E-state index in [1.807, 2.05) is 0 Å². The Balaban J connectivity index is 1.41. The van der Waals surface area contributed by atoms with Crippen LogP contribution in [0.2, 0.25) is 0 Å². The fourth-order valence-electron chi connectivity index (χ4n) is 11.6. The van der Waals surface area contributed by atoms with Gasteiger partial charge in [-0.3, -0.25) is 9.59 Å². The lowest BCUT2D eigenvalue weighted by Gasteiger charge is -2.29. The summed E-state index contributed by atoms with van der Waals surface area (Å²) in [4.78, 5) is 30.5. The number of carbonyl (C=O) groups is 2. The quantitative estimate of drug-likeness (QED) is 0.0197. The van der Waals surface area contributed by atoms with Crippen molar-refractivity contribution in [1.29, 1.82) is 0 Å². The van der Waals surface area contributed by atoms with Gasteiger partial charge in [-0.2, -0.15) is 0 Å². The Morgan fingerprint density at radius 1 is 0.237 bits per heavy atom. The van der Waals surface area contributed by atoms with Gasteiger partial charge in [-0.15, -0.1) is 0 Å². The molecule has 606 valence electrons. The third-order valence-corrected chi connectivity index (χ3v) is 21.9. The van der Waals surface area contributed by atoms with Gasteiger partial charge in [0.25, 0.3) is 0 Å². The Morgan fingerprint density at radius 2 is 0.407 bits per heavy atom. The van der Waals surface area contributed by atoms with Gasteiger partial charge in [0.2, 0.25) is 0 Å². The van der Waals surface area contributed by atoms with E-state index in [-0.39, 0.29) is 102 Å². The summed E-state index contributed by atoms with van der Waals surface area (Å²) in [5.74, 6) is 1.65. The summed E-state index contributed by atoms with van der Waals surface area (Å²) in [5, 5.41) is 0. The first-order valence-corrected chi connectivity index (χ1v) is 40.1. The number of hydrogen-bond acceptors (Lipinski definition) is 22. The van der Waals surface area contributed by atoms with Crippen molar-refractivity contribution in [3.63, 3.8) is 0 Å². The van der Waals surface area contributed by atoms with Crippen molar-refractivity contribution in [2.75, 3.05) is 56.9 Å². The molecule has 0 spiro atoms. The van der Waals surface area contributed by atoms with Crippen LogP contribution in [0.3, 0.4) is 0 Å². The van der Waals surface area contributed by atoms with E-state index in [0.29, 0.717) is 90.5 Å². The Morgan fingerprint density at radius 3 is 0.559 bits per heavy atom. The molecule has 0 N–H and O–H groups in total. The Labute approximate surface area is 691 Å². The van der Waals surface area contributed by atoms with Crippen LogP contribution in [-0.2, 0) is 0 Å². The number of carbonyl (C=O) groups excluding carboxylic acids is 2. The molecule has 0 atom stereocenters. The fraction of sp³-hybridized carbons (Fsp3) is 0.109. The predicted molar refractivity (Wildman–Crippen MR) is 470 cm³/mol. The van der Waals surface area contributed by atoms with Crippen molar-refractivity contribution in [1.82, 2.24) is 0 Å². The summed E-state index contributed by atoms with van der Waals surface area (Å²) >= 11 is 0. The highest BCUT2D eigenvalue weighted by Crippen LogP contribution is 2.62. The lowest BCUT2D eigenvalue weighted by molar-refractivity contribution is 0.103. The number of ether oxygens (including phenoxy) is 8. The van der Waals surface area contributed by atoms with Crippen molar-refractivity contribution in [2.24, 2.45) is 0 Å². The van der Waals surface area contributed by atoms with Crippen LogP contribution in [-0.4, -0.2) is 68.4 Å². The molecule has 0 aliphatic carbocycles. The molecule has 0 aliphatic rings. The molecule has 0 fully saturated rings. The number of hydrogen-bond donors (Lipinski definition) is 0. The highest BCUT2D eigenvalue weighted by molar-refractivity contribution is 7.44. The van der Waals surface area contributed by atoms with Crippen LogP contribution < -0.4 is 92.2 Å². The van der Waals surface area contributed by atoms with Crippen molar-refractivity contribution in [3.8, 4) is 126 Å². The van der Waals surface area contributed by atoms with E-state index in [1.54, 1.807) is 208 Å². The van der Waals surface area contributed by atoms with Gasteiger partial charge >= 0.3 is 34.4 Å². The van der Waals surface area contributed by atoms with E-state index in [1.165, 1.54) is 69.0 Å². The Bertz CT molecular complexity index is 4900. The molecule has 0 saturated heterocycles. The topological polar surface area (TPSA) is 219 Å². The van der Waals surface area contributed by atoms with Crippen LogP contribution in [0.1, 0.15) is 76.4 Å². The highest BCUT2D eigenvalue weighted by Gasteiger charge is 2.39. The highest BCUT2D eigenvalue weighted by atomic mass is 31.2.